The molecule has 1 aromatic rings. The molecule has 1 aromatic heterocycles. The van der Waals surface area contributed by atoms with Crippen molar-refractivity contribution in [1.29, 1.82) is 0 Å². The minimum atomic E-state index is -0.473. The largest absolute Gasteiger partial charge is 0.320 e. The Hall–Kier alpha value is -0.940. The number of hydrogen-bond donors (Lipinski definition) is 2. The Morgan fingerprint density at radius 3 is 2.80 bits per heavy atom. The standard InChI is InChI=1S/C10H17N3OS/c1-4-7-5-12-10(15-7)13-9(14)8(11)6(2)3/h5-6,8H,4,11H2,1-3H3,(H,12,13,14). The zero-order valence-corrected chi connectivity index (χ0v) is 10.1. The number of carbonyl (C=O) groups is 1. The fourth-order valence-corrected chi connectivity index (χ4v) is 1.78. The van der Waals surface area contributed by atoms with E-state index in [2.05, 4.69) is 17.2 Å². The molecule has 1 heterocycles. The summed E-state index contributed by atoms with van der Waals surface area (Å²) in [4.78, 5) is 16.8. The Bertz CT molecular complexity index is 335. The second-order valence-electron chi connectivity index (χ2n) is 3.74. The van der Waals surface area contributed by atoms with Crippen molar-refractivity contribution in [1.82, 2.24) is 4.98 Å². The van der Waals surface area contributed by atoms with Gasteiger partial charge in [0, 0.05) is 11.1 Å². The molecule has 0 saturated carbocycles. The number of carbonyl (C=O) groups excluding carboxylic acids is 1. The Balaban J connectivity index is 2.58. The fourth-order valence-electron chi connectivity index (χ4n) is 1.02. The highest BCUT2D eigenvalue weighted by Gasteiger charge is 2.18. The van der Waals surface area contributed by atoms with Crippen molar-refractivity contribution in [2.75, 3.05) is 5.32 Å². The molecule has 1 rings (SSSR count). The Kier molecular flexibility index (Phi) is 4.23. The lowest BCUT2D eigenvalue weighted by atomic mass is 10.1. The maximum Gasteiger partial charge on any atom is 0.243 e. The first kappa shape index (κ1) is 12.1. The monoisotopic (exact) mass is 227 g/mol. The molecule has 3 N–H and O–H groups in total. The number of amides is 1. The van der Waals surface area contributed by atoms with E-state index in [0.29, 0.717) is 5.13 Å². The van der Waals surface area contributed by atoms with Crippen molar-refractivity contribution in [3.63, 3.8) is 0 Å². The van der Waals surface area contributed by atoms with Crippen LogP contribution in [0.4, 0.5) is 5.13 Å². The van der Waals surface area contributed by atoms with Crippen molar-refractivity contribution in [3.8, 4) is 0 Å². The van der Waals surface area contributed by atoms with Gasteiger partial charge in [0.1, 0.15) is 0 Å². The van der Waals surface area contributed by atoms with Gasteiger partial charge in [-0.1, -0.05) is 20.8 Å². The molecular formula is C10H17N3OS. The molecule has 0 fully saturated rings. The molecule has 0 aliphatic rings. The van der Waals surface area contributed by atoms with Gasteiger partial charge in [0.25, 0.3) is 0 Å². The second-order valence-corrected chi connectivity index (χ2v) is 4.86. The quantitative estimate of drug-likeness (QED) is 0.821. The number of nitrogens with zero attached hydrogens (tertiary/aromatic N) is 1. The molecule has 4 nitrogen and oxygen atoms in total. The van der Waals surface area contributed by atoms with Crippen LogP contribution in [0.1, 0.15) is 25.6 Å². The van der Waals surface area contributed by atoms with E-state index in [1.807, 2.05) is 13.8 Å². The number of aryl methyl sites for hydroxylation is 1. The van der Waals surface area contributed by atoms with Gasteiger partial charge in [0.05, 0.1) is 6.04 Å². The van der Waals surface area contributed by atoms with Gasteiger partial charge >= 0.3 is 0 Å². The first-order valence-electron chi connectivity index (χ1n) is 5.05. The molecule has 15 heavy (non-hydrogen) atoms. The molecule has 1 amide bonds. The Morgan fingerprint density at radius 1 is 1.67 bits per heavy atom. The van der Waals surface area contributed by atoms with E-state index in [9.17, 15) is 4.79 Å². The number of anilines is 1. The molecule has 0 aromatic carbocycles. The van der Waals surface area contributed by atoms with Crippen LogP contribution in [0, 0.1) is 5.92 Å². The number of aromatic nitrogens is 1. The summed E-state index contributed by atoms with van der Waals surface area (Å²) in [6, 6.07) is -0.473. The van der Waals surface area contributed by atoms with E-state index in [0.717, 1.165) is 11.3 Å². The smallest absolute Gasteiger partial charge is 0.243 e. The summed E-state index contributed by atoms with van der Waals surface area (Å²) in [6.45, 7) is 5.89. The molecule has 5 heteroatoms. The zero-order valence-electron chi connectivity index (χ0n) is 9.28. The Labute approximate surface area is 93.9 Å². The molecule has 0 aliphatic heterocycles. The summed E-state index contributed by atoms with van der Waals surface area (Å²) >= 11 is 1.49. The summed E-state index contributed by atoms with van der Waals surface area (Å²) in [5.74, 6) is -0.0300. The van der Waals surface area contributed by atoms with Gasteiger partial charge in [0.15, 0.2) is 5.13 Å². The fraction of sp³-hybridized carbons (Fsp3) is 0.600. The van der Waals surface area contributed by atoms with E-state index in [1.165, 1.54) is 11.3 Å². The number of nitrogens with one attached hydrogen (secondary N) is 1. The predicted molar refractivity (Wildman–Crippen MR) is 62.9 cm³/mol. The van der Waals surface area contributed by atoms with Crippen LogP contribution in [0.5, 0.6) is 0 Å². The lowest BCUT2D eigenvalue weighted by Gasteiger charge is -2.13. The van der Waals surface area contributed by atoms with Gasteiger partial charge in [-0.15, -0.1) is 11.3 Å². The van der Waals surface area contributed by atoms with Crippen LogP contribution >= 0.6 is 11.3 Å². The highest BCUT2D eigenvalue weighted by Crippen LogP contribution is 2.18. The highest BCUT2D eigenvalue weighted by atomic mass is 32.1. The third-order valence-corrected chi connectivity index (χ3v) is 3.21. The summed E-state index contributed by atoms with van der Waals surface area (Å²) in [7, 11) is 0. The van der Waals surface area contributed by atoms with Crippen LogP contribution in [-0.4, -0.2) is 16.9 Å². The van der Waals surface area contributed by atoms with E-state index in [4.69, 9.17) is 5.73 Å². The van der Waals surface area contributed by atoms with Gasteiger partial charge < -0.3 is 11.1 Å². The first-order chi connectivity index (χ1) is 7.04. The summed E-state index contributed by atoms with van der Waals surface area (Å²) in [6.07, 6.45) is 2.71. The van der Waals surface area contributed by atoms with E-state index < -0.39 is 6.04 Å². The molecule has 0 aliphatic carbocycles. The molecule has 84 valence electrons. The number of thiazole rings is 1. The average Bonchev–Trinajstić information content (AvgIpc) is 2.64. The second kappa shape index (κ2) is 5.23. The zero-order chi connectivity index (χ0) is 11.4. The van der Waals surface area contributed by atoms with Crippen molar-refractivity contribution in [3.05, 3.63) is 11.1 Å². The minimum Gasteiger partial charge on any atom is -0.320 e. The first-order valence-corrected chi connectivity index (χ1v) is 5.87. The maximum absolute atomic E-state index is 11.6. The van der Waals surface area contributed by atoms with Crippen LogP contribution in [0.25, 0.3) is 0 Å². The molecule has 1 atom stereocenters. The van der Waals surface area contributed by atoms with Gasteiger partial charge in [0.2, 0.25) is 5.91 Å². The van der Waals surface area contributed by atoms with Crippen molar-refractivity contribution in [2.24, 2.45) is 11.7 Å². The summed E-state index contributed by atoms with van der Waals surface area (Å²) in [5, 5.41) is 3.35. The normalized spacial score (nSPS) is 12.9. The maximum atomic E-state index is 11.6. The third-order valence-electron chi connectivity index (χ3n) is 2.15. The van der Waals surface area contributed by atoms with Gasteiger partial charge in [-0.05, 0) is 12.3 Å². The van der Waals surface area contributed by atoms with Crippen LogP contribution in [0.3, 0.4) is 0 Å². The van der Waals surface area contributed by atoms with E-state index >= 15 is 0 Å². The molecule has 0 spiro atoms. The lowest BCUT2D eigenvalue weighted by Crippen LogP contribution is -2.39. The van der Waals surface area contributed by atoms with Gasteiger partial charge in [-0.25, -0.2) is 4.98 Å². The van der Waals surface area contributed by atoms with Crippen LogP contribution in [0.15, 0.2) is 6.20 Å². The minimum absolute atomic E-state index is 0.135. The van der Waals surface area contributed by atoms with Crippen molar-refractivity contribution in [2.45, 2.75) is 33.2 Å². The average molecular weight is 227 g/mol. The third kappa shape index (κ3) is 3.28. The van der Waals surface area contributed by atoms with Crippen LogP contribution in [-0.2, 0) is 11.2 Å². The van der Waals surface area contributed by atoms with Crippen LogP contribution < -0.4 is 11.1 Å². The number of hydrogen-bond acceptors (Lipinski definition) is 4. The summed E-state index contributed by atoms with van der Waals surface area (Å²) in [5.41, 5.74) is 5.71. The topological polar surface area (TPSA) is 68.0 Å². The molecular weight excluding hydrogens is 210 g/mol. The Morgan fingerprint density at radius 2 is 2.33 bits per heavy atom. The number of rotatable bonds is 4. The molecule has 0 radical (unpaired) electrons. The van der Waals surface area contributed by atoms with E-state index in [-0.39, 0.29) is 11.8 Å². The summed E-state index contributed by atoms with van der Waals surface area (Å²) < 4.78 is 0. The molecule has 0 saturated heterocycles. The van der Waals surface area contributed by atoms with Crippen LogP contribution in [0.2, 0.25) is 0 Å². The highest BCUT2D eigenvalue weighted by molar-refractivity contribution is 7.15. The van der Waals surface area contributed by atoms with Crippen molar-refractivity contribution >= 4 is 22.4 Å². The predicted octanol–water partition coefficient (Wildman–Crippen LogP) is 1.63. The van der Waals surface area contributed by atoms with Crippen molar-refractivity contribution < 1.29 is 4.79 Å². The number of nitrogens with two attached hydrogens (primary N) is 1. The van der Waals surface area contributed by atoms with Gasteiger partial charge in [-0.2, -0.15) is 0 Å². The van der Waals surface area contributed by atoms with E-state index in [1.54, 1.807) is 6.20 Å². The lowest BCUT2D eigenvalue weighted by molar-refractivity contribution is -0.118. The molecule has 0 bridgehead atoms. The van der Waals surface area contributed by atoms with Gasteiger partial charge in [-0.3, -0.25) is 4.79 Å². The molecule has 1 unspecified atom stereocenters. The SMILES string of the molecule is CCc1cnc(NC(=O)C(N)C(C)C)s1.